The van der Waals surface area contributed by atoms with Gasteiger partial charge >= 0.3 is 0 Å². The highest BCUT2D eigenvalue weighted by Crippen LogP contribution is 2.49. The molecule has 1 aliphatic carbocycles. The van der Waals surface area contributed by atoms with Gasteiger partial charge in [-0.2, -0.15) is 4.31 Å². The van der Waals surface area contributed by atoms with Crippen LogP contribution in [0.2, 0.25) is 0 Å². The number of rotatable bonds is 6. The van der Waals surface area contributed by atoms with Gasteiger partial charge in [0, 0.05) is 17.8 Å². The molecule has 1 spiro atoms. The second-order valence-corrected chi connectivity index (χ2v) is 12.3. The van der Waals surface area contributed by atoms with E-state index in [1.807, 2.05) is 31.2 Å². The summed E-state index contributed by atoms with van der Waals surface area (Å²) in [4.78, 5) is 0.395. The molecular weight excluding hydrogens is 476 g/mol. The molecule has 1 aliphatic heterocycles. The number of hydrogen-bond donors (Lipinski definition) is 1. The Morgan fingerprint density at radius 2 is 1.41 bits per heavy atom. The molecule has 1 saturated carbocycles. The topological polar surface area (TPSA) is 49.4 Å². The molecule has 5 heteroatoms. The third-order valence-electron chi connectivity index (χ3n) is 7.85. The van der Waals surface area contributed by atoms with E-state index in [1.54, 1.807) is 16.4 Å². The number of benzene rings is 4. The van der Waals surface area contributed by atoms with Gasteiger partial charge in [-0.05, 0) is 79.1 Å². The Hall–Kier alpha value is -3.41. The van der Waals surface area contributed by atoms with E-state index < -0.39 is 10.0 Å². The molecule has 0 bridgehead atoms. The molecule has 1 heterocycles. The minimum absolute atomic E-state index is 0.0272. The van der Waals surface area contributed by atoms with Crippen molar-refractivity contribution in [2.75, 3.05) is 11.9 Å². The van der Waals surface area contributed by atoms with E-state index >= 15 is 0 Å². The first-order valence-corrected chi connectivity index (χ1v) is 14.5. The summed E-state index contributed by atoms with van der Waals surface area (Å²) in [7, 11) is -3.55. The van der Waals surface area contributed by atoms with Gasteiger partial charge in [0.1, 0.15) is 0 Å². The van der Waals surface area contributed by atoms with E-state index in [1.165, 1.54) is 22.3 Å². The minimum atomic E-state index is -3.55. The van der Waals surface area contributed by atoms with Gasteiger partial charge in [-0.3, -0.25) is 0 Å². The molecule has 4 nitrogen and oxygen atoms in total. The zero-order valence-corrected chi connectivity index (χ0v) is 21.9. The van der Waals surface area contributed by atoms with Crippen LogP contribution in [0, 0.1) is 6.92 Å². The van der Waals surface area contributed by atoms with Gasteiger partial charge in [-0.15, -0.1) is 0 Å². The summed E-state index contributed by atoms with van der Waals surface area (Å²) in [6, 6.07) is 34.8. The molecule has 4 aromatic rings. The van der Waals surface area contributed by atoms with Crippen molar-refractivity contribution < 1.29 is 8.42 Å². The van der Waals surface area contributed by atoms with Crippen molar-refractivity contribution in [3.8, 4) is 0 Å². The van der Waals surface area contributed by atoms with E-state index in [0.717, 1.165) is 30.5 Å². The number of nitrogens with one attached hydrogen (secondary N) is 1. The van der Waals surface area contributed by atoms with Crippen molar-refractivity contribution in [1.82, 2.24) is 4.31 Å². The van der Waals surface area contributed by atoms with Crippen LogP contribution in [0.15, 0.2) is 108 Å². The highest BCUT2D eigenvalue weighted by atomic mass is 32.2. The Balaban J connectivity index is 1.29. The van der Waals surface area contributed by atoms with Crippen LogP contribution in [-0.2, 0) is 22.9 Å². The highest BCUT2D eigenvalue weighted by Gasteiger charge is 2.53. The van der Waals surface area contributed by atoms with Crippen LogP contribution in [0.3, 0.4) is 0 Å². The van der Waals surface area contributed by atoms with Crippen molar-refractivity contribution in [1.29, 1.82) is 0 Å². The van der Waals surface area contributed by atoms with Crippen LogP contribution < -0.4 is 5.32 Å². The van der Waals surface area contributed by atoms with Crippen molar-refractivity contribution in [2.45, 2.75) is 49.1 Å². The lowest BCUT2D eigenvalue weighted by Gasteiger charge is -2.29. The SMILES string of the molecule is Cc1ccc(S(=O)(=O)N2CCc3cc(NC(c4ccccc4)c4ccccc4)ccc3CC23CC3)cc1. The largest absolute Gasteiger partial charge is 0.374 e. The molecular formula is C32H32N2O2S. The van der Waals surface area contributed by atoms with E-state index in [9.17, 15) is 8.42 Å². The summed E-state index contributed by atoms with van der Waals surface area (Å²) in [5.74, 6) is 0. The molecule has 2 aliphatic rings. The van der Waals surface area contributed by atoms with E-state index in [0.29, 0.717) is 17.9 Å². The van der Waals surface area contributed by atoms with Gasteiger partial charge in [0.15, 0.2) is 0 Å². The molecule has 188 valence electrons. The zero-order chi connectivity index (χ0) is 25.5. The Morgan fingerprint density at radius 3 is 2.00 bits per heavy atom. The van der Waals surface area contributed by atoms with Gasteiger partial charge in [0.05, 0.1) is 10.9 Å². The maximum absolute atomic E-state index is 13.7. The molecule has 6 rings (SSSR count). The Kier molecular flexibility index (Phi) is 6.13. The standard InChI is InChI=1S/C32H32N2O2S/c1-24-12-16-30(17-13-24)37(35,36)34-21-18-27-22-29(15-14-28(27)23-32(34)19-20-32)33-31(25-8-4-2-5-9-25)26-10-6-3-7-11-26/h2-17,22,31,33H,18-21,23H2,1H3. The lowest BCUT2D eigenvalue weighted by molar-refractivity contribution is 0.308. The number of aryl methyl sites for hydroxylation is 1. The summed E-state index contributed by atoms with van der Waals surface area (Å²) in [5, 5.41) is 3.76. The summed E-state index contributed by atoms with van der Waals surface area (Å²) in [5.41, 5.74) is 6.73. The van der Waals surface area contributed by atoms with Gasteiger partial charge in [0.25, 0.3) is 0 Å². The molecule has 1 fully saturated rings. The lowest BCUT2D eigenvalue weighted by atomic mass is 9.96. The molecule has 1 N–H and O–H groups in total. The second-order valence-electron chi connectivity index (χ2n) is 10.4. The van der Waals surface area contributed by atoms with E-state index in [-0.39, 0.29) is 11.6 Å². The maximum Gasteiger partial charge on any atom is 0.243 e. The number of sulfonamides is 1. The van der Waals surface area contributed by atoms with Crippen LogP contribution in [0.25, 0.3) is 0 Å². The number of fused-ring (bicyclic) bond motifs is 1. The minimum Gasteiger partial charge on any atom is -0.374 e. The lowest BCUT2D eigenvalue weighted by Crippen LogP contribution is -2.43. The van der Waals surface area contributed by atoms with Crippen LogP contribution >= 0.6 is 0 Å². The summed E-state index contributed by atoms with van der Waals surface area (Å²) in [6.07, 6.45) is 3.32. The maximum atomic E-state index is 13.7. The van der Waals surface area contributed by atoms with Gasteiger partial charge < -0.3 is 5.32 Å². The fourth-order valence-electron chi connectivity index (χ4n) is 5.62. The van der Waals surface area contributed by atoms with Crippen LogP contribution in [0.1, 0.15) is 46.7 Å². The van der Waals surface area contributed by atoms with Crippen molar-refractivity contribution in [3.63, 3.8) is 0 Å². The fraction of sp³-hybridized carbons (Fsp3) is 0.250. The fourth-order valence-corrected chi connectivity index (χ4v) is 7.45. The first-order valence-electron chi connectivity index (χ1n) is 13.0. The average molecular weight is 509 g/mol. The number of anilines is 1. The van der Waals surface area contributed by atoms with Crippen molar-refractivity contribution >= 4 is 15.7 Å². The Bertz CT molecular complexity index is 1460. The van der Waals surface area contributed by atoms with E-state index in [2.05, 4.69) is 72.0 Å². The first-order chi connectivity index (χ1) is 17.9. The van der Waals surface area contributed by atoms with Crippen LogP contribution in [0.5, 0.6) is 0 Å². The van der Waals surface area contributed by atoms with Crippen LogP contribution in [-0.4, -0.2) is 24.8 Å². The molecule has 0 saturated heterocycles. The predicted octanol–water partition coefficient (Wildman–Crippen LogP) is 6.52. The van der Waals surface area contributed by atoms with E-state index in [4.69, 9.17) is 0 Å². The highest BCUT2D eigenvalue weighted by molar-refractivity contribution is 7.89. The Morgan fingerprint density at radius 1 is 0.784 bits per heavy atom. The molecule has 37 heavy (non-hydrogen) atoms. The normalized spacial score (nSPS) is 16.8. The smallest absolute Gasteiger partial charge is 0.243 e. The van der Waals surface area contributed by atoms with Gasteiger partial charge in [-0.25, -0.2) is 8.42 Å². The van der Waals surface area contributed by atoms with Gasteiger partial charge in [0.2, 0.25) is 10.0 Å². The molecule has 0 atom stereocenters. The predicted molar refractivity (Wildman–Crippen MR) is 149 cm³/mol. The zero-order valence-electron chi connectivity index (χ0n) is 21.1. The number of hydrogen-bond acceptors (Lipinski definition) is 3. The monoisotopic (exact) mass is 508 g/mol. The summed E-state index contributed by atoms with van der Waals surface area (Å²) >= 11 is 0. The first kappa shape index (κ1) is 24.0. The summed E-state index contributed by atoms with van der Waals surface area (Å²) in [6.45, 7) is 2.49. The molecule has 0 aromatic heterocycles. The molecule has 0 radical (unpaired) electrons. The third kappa shape index (κ3) is 4.70. The third-order valence-corrected chi connectivity index (χ3v) is 9.87. The molecule has 4 aromatic carbocycles. The second kappa shape index (κ2) is 9.47. The molecule has 0 unspecified atom stereocenters. The Labute approximate surface area is 220 Å². The number of nitrogens with zero attached hydrogens (tertiary/aromatic N) is 1. The van der Waals surface area contributed by atoms with Crippen molar-refractivity contribution in [2.24, 2.45) is 0 Å². The molecule has 0 amide bonds. The van der Waals surface area contributed by atoms with Crippen molar-refractivity contribution in [3.05, 3.63) is 131 Å². The van der Waals surface area contributed by atoms with Crippen LogP contribution in [0.4, 0.5) is 5.69 Å². The summed E-state index contributed by atoms with van der Waals surface area (Å²) < 4.78 is 29.2. The van der Waals surface area contributed by atoms with Gasteiger partial charge in [-0.1, -0.05) is 84.4 Å². The average Bonchev–Trinajstić information content (AvgIpc) is 3.72. The quantitative estimate of drug-likeness (QED) is 0.323.